The van der Waals surface area contributed by atoms with Crippen LogP contribution in [-0.2, 0) is 6.54 Å². The number of hydrogen-bond acceptors (Lipinski definition) is 3. The van der Waals surface area contributed by atoms with Crippen LogP contribution >= 0.6 is 0 Å². The van der Waals surface area contributed by atoms with Crippen LogP contribution in [0.2, 0.25) is 0 Å². The molecule has 0 spiro atoms. The highest BCUT2D eigenvalue weighted by atomic mass is 16.2. The molecule has 4 heteroatoms. The van der Waals surface area contributed by atoms with Crippen molar-refractivity contribution in [2.24, 2.45) is 0 Å². The summed E-state index contributed by atoms with van der Waals surface area (Å²) < 4.78 is 1.93. The Morgan fingerprint density at radius 3 is 2.38 bits per heavy atom. The molecule has 0 bridgehead atoms. The highest BCUT2D eigenvalue weighted by Gasteiger charge is 2.35. The lowest BCUT2D eigenvalue weighted by Crippen LogP contribution is -2.24. The molecule has 0 fully saturated rings. The molecule has 3 rings (SSSR count). The lowest BCUT2D eigenvalue weighted by atomic mass is 9.90. The standard InChI is InChI=1S/C17H18N2O2/c1-4-9-19-14-13(18-17(19)10(2)3)11-7-5-6-8-12(11)15(20)16(14)21/h5-8,10H,4,9H2,1-3H3. The van der Waals surface area contributed by atoms with Crippen molar-refractivity contribution >= 4 is 11.6 Å². The van der Waals surface area contributed by atoms with Crippen molar-refractivity contribution in [3.05, 3.63) is 41.3 Å². The number of ketones is 2. The third kappa shape index (κ3) is 1.94. The van der Waals surface area contributed by atoms with E-state index >= 15 is 0 Å². The summed E-state index contributed by atoms with van der Waals surface area (Å²) in [6.07, 6.45) is 0.894. The minimum Gasteiger partial charge on any atom is -0.324 e. The van der Waals surface area contributed by atoms with Crippen molar-refractivity contribution in [1.82, 2.24) is 9.55 Å². The van der Waals surface area contributed by atoms with Gasteiger partial charge >= 0.3 is 0 Å². The summed E-state index contributed by atoms with van der Waals surface area (Å²) in [6.45, 7) is 6.87. The number of rotatable bonds is 3. The third-order valence-electron chi connectivity index (χ3n) is 3.81. The van der Waals surface area contributed by atoms with Crippen molar-refractivity contribution in [1.29, 1.82) is 0 Å². The molecule has 0 unspecified atom stereocenters. The molecule has 1 aromatic heterocycles. The van der Waals surface area contributed by atoms with Gasteiger partial charge in [-0.1, -0.05) is 45.0 Å². The van der Waals surface area contributed by atoms with Crippen LogP contribution in [0.5, 0.6) is 0 Å². The zero-order valence-electron chi connectivity index (χ0n) is 12.5. The molecule has 0 N–H and O–H groups in total. The first-order valence-corrected chi connectivity index (χ1v) is 7.35. The maximum atomic E-state index is 12.5. The van der Waals surface area contributed by atoms with Crippen LogP contribution < -0.4 is 0 Å². The molecule has 21 heavy (non-hydrogen) atoms. The number of carbonyl (C=O) groups is 2. The first-order chi connectivity index (χ1) is 10.1. The number of carbonyl (C=O) groups excluding carboxylic acids is 2. The predicted octanol–water partition coefficient (Wildman–Crippen LogP) is 3.46. The van der Waals surface area contributed by atoms with Gasteiger partial charge in [-0.25, -0.2) is 4.98 Å². The lowest BCUT2D eigenvalue weighted by molar-refractivity contribution is 0.0809. The number of nitrogens with zero attached hydrogens (tertiary/aromatic N) is 2. The van der Waals surface area contributed by atoms with Gasteiger partial charge in [0.25, 0.3) is 5.78 Å². The zero-order chi connectivity index (χ0) is 15.1. The van der Waals surface area contributed by atoms with Gasteiger partial charge in [0, 0.05) is 23.6 Å². The Balaban J connectivity index is 2.33. The van der Waals surface area contributed by atoms with Crippen LogP contribution in [0, 0.1) is 0 Å². The second-order valence-corrected chi connectivity index (χ2v) is 5.68. The topological polar surface area (TPSA) is 52.0 Å². The molecule has 1 aliphatic carbocycles. The quantitative estimate of drug-likeness (QED) is 0.810. The largest absolute Gasteiger partial charge is 0.324 e. The predicted molar refractivity (Wildman–Crippen MR) is 80.7 cm³/mol. The fraction of sp³-hybridized carbons (Fsp3) is 0.353. The van der Waals surface area contributed by atoms with E-state index in [1.54, 1.807) is 12.1 Å². The smallest absolute Gasteiger partial charge is 0.252 e. The third-order valence-corrected chi connectivity index (χ3v) is 3.81. The minimum absolute atomic E-state index is 0.206. The molecule has 1 heterocycles. The van der Waals surface area contributed by atoms with E-state index in [-0.39, 0.29) is 5.92 Å². The van der Waals surface area contributed by atoms with E-state index in [1.165, 1.54) is 0 Å². The van der Waals surface area contributed by atoms with Gasteiger partial charge in [0.15, 0.2) is 0 Å². The van der Waals surface area contributed by atoms with Gasteiger partial charge in [0.2, 0.25) is 5.78 Å². The van der Waals surface area contributed by atoms with Gasteiger partial charge in [-0.15, -0.1) is 0 Å². The molecule has 0 radical (unpaired) electrons. The van der Waals surface area contributed by atoms with Gasteiger partial charge in [-0.2, -0.15) is 0 Å². The Bertz CT molecular complexity index is 741. The number of Topliss-reactive ketones (excluding diaryl/α,β-unsaturated/α-hetero) is 2. The molecule has 0 amide bonds. The summed E-state index contributed by atoms with van der Waals surface area (Å²) in [5.74, 6) is 0.221. The maximum Gasteiger partial charge on any atom is 0.252 e. The van der Waals surface area contributed by atoms with Gasteiger partial charge in [0.1, 0.15) is 17.2 Å². The normalized spacial score (nSPS) is 13.5. The summed E-state index contributed by atoms with van der Waals surface area (Å²) in [5, 5.41) is 0. The highest BCUT2D eigenvalue weighted by molar-refractivity contribution is 6.52. The van der Waals surface area contributed by atoms with Crippen LogP contribution in [-0.4, -0.2) is 21.1 Å². The average molecular weight is 282 g/mol. The average Bonchev–Trinajstić information content (AvgIpc) is 2.85. The van der Waals surface area contributed by atoms with Gasteiger partial charge in [-0.05, 0) is 6.42 Å². The van der Waals surface area contributed by atoms with E-state index in [0.717, 1.165) is 17.8 Å². The molecule has 2 aromatic rings. The van der Waals surface area contributed by atoms with E-state index in [2.05, 4.69) is 25.8 Å². The second kappa shape index (κ2) is 4.95. The molecule has 0 atom stereocenters. The molecular weight excluding hydrogens is 264 g/mol. The Hall–Kier alpha value is -2.23. The summed E-state index contributed by atoms with van der Waals surface area (Å²) in [6, 6.07) is 7.22. The first kappa shape index (κ1) is 13.7. The van der Waals surface area contributed by atoms with Crippen molar-refractivity contribution < 1.29 is 9.59 Å². The molecule has 0 saturated carbocycles. The Morgan fingerprint density at radius 2 is 1.76 bits per heavy atom. The number of fused-ring (bicyclic) bond motifs is 3. The van der Waals surface area contributed by atoms with Crippen LogP contribution in [0.15, 0.2) is 24.3 Å². The summed E-state index contributed by atoms with van der Waals surface area (Å²) in [4.78, 5) is 29.5. The van der Waals surface area contributed by atoms with Crippen molar-refractivity contribution in [2.45, 2.75) is 39.7 Å². The van der Waals surface area contributed by atoms with Crippen LogP contribution in [0.1, 0.15) is 59.8 Å². The van der Waals surface area contributed by atoms with E-state index in [1.807, 2.05) is 16.7 Å². The van der Waals surface area contributed by atoms with E-state index in [0.29, 0.717) is 23.5 Å². The highest BCUT2D eigenvalue weighted by Crippen LogP contribution is 2.35. The van der Waals surface area contributed by atoms with Crippen molar-refractivity contribution in [2.75, 3.05) is 0 Å². The van der Waals surface area contributed by atoms with Crippen LogP contribution in [0.4, 0.5) is 0 Å². The van der Waals surface area contributed by atoms with Crippen LogP contribution in [0.3, 0.4) is 0 Å². The minimum atomic E-state index is -0.434. The molecule has 108 valence electrons. The fourth-order valence-electron chi connectivity index (χ4n) is 2.90. The zero-order valence-corrected chi connectivity index (χ0v) is 12.5. The maximum absolute atomic E-state index is 12.5. The summed E-state index contributed by atoms with van der Waals surface area (Å²) >= 11 is 0. The summed E-state index contributed by atoms with van der Waals surface area (Å²) in [5.41, 5.74) is 2.36. The molecular formula is C17H18N2O2. The molecule has 0 saturated heterocycles. The van der Waals surface area contributed by atoms with Gasteiger partial charge in [0.05, 0.1) is 0 Å². The Morgan fingerprint density at radius 1 is 1.10 bits per heavy atom. The lowest BCUT2D eigenvalue weighted by Gasteiger charge is -2.16. The Kier molecular flexibility index (Phi) is 3.24. The van der Waals surface area contributed by atoms with Crippen LogP contribution in [0.25, 0.3) is 11.3 Å². The molecule has 1 aromatic carbocycles. The monoisotopic (exact) mass is 282 g/mol. The molecule has 4 nitrogen and oxygen atoms in total. The van der Waals surface area contributed by atoms with E-state index in [4.69, 9.17) is 0 Å². The van der Waals surface area contributed by atoms with Gasteiger partial charge < -0.3 is 4.57 Å². The number of benzene rings is 1. The Labute approximate surface area is 123 Å². The number of hydrogen-bond donors (Lipinski definition) is 0. The SMILES string of the molecule is CCCn1c(C(C)C)nc2c1C(=O)C(=O)c1ccccc1-2. The first-order valence-electron chi connectivity index (χ1n) is 7.35. The number of aromatic nitrogens is 2. The van der Waals surface area contributed by atoms with Crippen molar-refractivity contribution in [3.63, 3.8) is 0 Å². The molecule has 1 aliphatic rings. The fourth-order valence-corrected chi connectivity index (χ4v) is 2.90. The molecule has 0 aliphatic heterocycles. The van der Waals surface area contributed by atoms with Gasteiger partial charge in [-0.3, -0.25) is 9.59 Å². The second-order valence-electron chi connectivity index (χ2n) is 5.68. The number of imidazole rings is 1. The van der Waals surface area contributed by atoms with E-state index in [9.17, 15) is 9.59 Å². The van der Waals surface area contributed by atoms with Crippen molar-refractivity contribution in [3.8, 4) is 11.3 Å². The summed E-state index contributed by atoms with van der Waals surface area (Å²) in [7, 11) is 0. The van der Waals surface area contributed by atoms with E-state index < -0.39 is 11.6 Å².